The van der Waals surface area contributed by atoms with Crippen LogP contribution in [0.5, 0.6) is 0 Å². The fourth-order valence-corrected chi connectivity index (χ4v) is 9.58. The normalized spacial score (nSPS) is 13.0. The van der Waals surface area contributed by atoms with Crippen LogP contribution < -0.4 is 10.6 Å². The molecule has 65 heavy (non-hydrogen) atoms. The summed E-state index contributed by atoms with van der Waals surface area (Å²) in [6, 6.07) is 56.5. The van der Waals surface area contributed by atoms with E-state index in [-0.39, 0.29) is 12.8 Å². The van der Waals surface area contributed by atoms with Crippen LogP contribution in [-0.4, -0.2) is 22.0 Å². The van der Waals surface area contributed by atoms with E-state index in [0.29, 0.717) is 33.4 Å². The van der Waals surface area contributed by atoms with Crippen LogP contribution in [0, 0.1) is 33.1 Å². The molecule has 2 amide bonds. The summed E-state index contributed by atoms with van der Waals surface area (Å²) in [5, 5.41) is 37.6. The number of amides is 2. The molecule has 6 heteroatoms. The van der Waals surface area contributed by atoms with Gasteiger partial charge >= 0.3 is 0 Å². The summed E-state index contributed by atoms with van der Waals surface area (Å²) in [6.45, 7) is 11.7. The Morgan fingerprint density at radius 2 is 0.692 bits per heavy atom. The SMILES string of the molecule is CCC(CC)(C(=O)N[C@@H](c1cccc2ccccc12)C(O)(c1ccc(C)cc1)c1ccc(C)cc1)C(=O)N[C@@H](c1cccc2ccccc12)C(O)(c1ccc(C)cc1)c1ccc(C)cc1. The monoisotopic (exact) mass is 858 g/mol. The highest BCUT2D eigenvalue weighted by Gasteiger charge is 2.51. The second kappa shape index (κ2) is 18.3. The zero-order valence-electron chi connectivity index (χ0n) is 38.1. The van der Waals surface area contributed by atoms with Crippen molar-refractivity contribution in [1.82, 2.24) is 10.6 Å². The summed E-state index contributed by atoms with van der Waals surface area (Å²) in [7, 11) is 0. The van der Waals surface area contributed by atoms with Crippen molar-refractivity contribution in [2.75, 3.05) is 0 Å². The molecule has 8 aromatic rings. The molecular weight excluding hydrogens is 801 g/mol. The third kappa shape index (κ3) is 8.25. The van der Waals surface area contributed by atoms with Gasteiger partial charge in [0, 0.05) is 0 Å². The second-order valence-electron chi connectivity index (χ2n) is 17.7. The van der Waals surface area contributed by atoms with E-state index in [1.54, 1.807) is 0 Å². The number of rotatable bonds is 14. The summed E-state index contributed by atoms with van der Waals surface area (Å²) in [5.41, 5.74) is 2.59. The lowest BCUT2D eigenvalue weighted by Crippen LogP contribution is -2.57. The van der Waals surface area contributed by atoms with Gasteiger partial charge in [0.2, 0.25) is 11.8 Å². The van der Waals surface area contributed by atoms with Crippen molar-refractivity contribution in [3.8, 4) is 0 Å². The van der Waals surface area contributed by atoms with Gasteiger partial charge in [-0.15, -0.1) is 0 Å². The average Bonchev–Trinajstić information content (AvgIpc) is 3.33. The number of benzene rings is 8. The quantitative estimate of drug-likeness (QED) is 0.0819. The van der Waals surface area contributed by atoms with Crippen molar-refractivity contribution < 1.29 is 19.8 Å². The summed E-state index contributed by atoms with van der Waals surface area (Å²) >= 11 is 0. The molecule has 0 unspecified atom stereocenters. The third-order valence-corrected chi connectivity index (χ3v) is 13.7. The van der Waals surface area contributed by atoms with Crippen molar-refractivity contribution in [1.29, 1.82) is 0 Å². The largest absolute Gasteiger partial charge is 0.378 e. The maximum atomic E-state index is 15.8. The van der Waals surface area contributed by atoms with Gasteiger partial charge in [0.25, 0.3) is 0 Å². The van der Waals surface area contributed by atoms with Gasteiger partial charge in [-0.2, -0.15) is 0 Å². The van der Waals surface area contributed by atoms with E-state index in [9.17, 15) is 10.2 Å². The molecule has 0 aliphatic heterocycles. The van der Waals surface area contributed by atoms with E-state index in [4.69, 9.17) is 0 Å². The number of carbonyl (C=O) groups excluding carboxylic acids is 2. The lowest BCUT2D eigenvalue weighted by Gasteiger charge is -2.42. The van der Waals surface area contributed by atoms with Crippen LogP contribution in [0.4, 0.5) is 0 Å². The Morgan fingerprint density at radius 1 is 0.415 bits per heavy atom. The Balaban J connectivity index is 1.31. The molecule has 0 fully saturated rings. The van der Waals surface area contributed by atoms with E-state index >= 15 is 9.59 Å². The van der Waals surface area contributed by atoms with Crippen LogP contribution in [0.25, 0.3) is 21.5 Å². The standard InChI is InChI=1S/C59H58N2O4/c1-7-57(8-2,55(62)60-53(51-21-13-17-43-15-9-11-19-49(43)51)58(64,45-31-23-39(3)24-32-45)46-33-25-40(4)26-34-46)56(63)61-54(52-22-14-18-44-16-10-12-20-50(44)52)59(65,47-35-27-41(5)28-36-47)48-37-29-42(6)30-38-48/h9-38,53-54,64-65H,7-8H2,1-6H3,(H,60,62)(H,61,63)/t53-,54-/m0/s1. The minimum Gasteiger partial charge on any atom is -0.378 e. The first-order chi connectivity index (χ1) is 31.3. The predicted molar refractivity (Wildman–Crippen MR) is 263 cm³/mol. The van der Waals surface area contributed by atoms with Gasteiger partial charge in [-0.1, -0.05) is 218 Å². The van der Waals surface area contributed by atoms with E-state index in [1.165, 1.54) is 0 Å². The predicted octanol–water partition coefficient (Wildman–Crippen LogP) is 11.9. The van der Waals surface area contributed by atoms with Crippen molar-refractivity contribution in [3.05, 3.63) is 238 Å². The van der Waals surface area contributed by atoms with Crippen molar-refractivity contribution in [2.24, 2.45) is 5.41 Å². The highest BCUT2D eigenvalue weighted by molar-refractivity contribution is 6.06. The van der Waals surface area contributed by atoms with E-state index in [0.717, 1.165) is 43.8 Å². The molecule has 0 heterocycles. The van der Waals surface area contributed by atoms with Gasteiger partial charge in [-0.3, -0.25) is 9.59 Å². The number of nitrogens with one attached hydrogen (secondary N) is 2. The molecule has 328 valence electrons. The highest BCUT2D eigenvalue weighted by Crippen LogP contribution is 2.47. The minimum atomic E-state index is -1.80. The van der Waals surface area contributed by atoms with E-state index < -0.39 is 40.5 Å². The summed E-state index contributed by atoms with van der Waals surface area (Å²) < 4.78 is 0. The van der Waals surface area contributed by atoms with Crippen molar-refractivity contribution >= 4 is 33.4 Å². The number of aryl methyl sites for hydroxylation is 4. The molecule has 4 N–H and O–H groups in total. The first kappa shape index (κ1) is 44.7. The molecule has 8 rings (SSSR count). The lowest BCUT2D eigenvalue weighted by molar-refractivity contribution is -0.147. The van der Waals surface area contributed by atoms with Gasteiger partial charge in [0.05, 0.1) is 12.1 Å². The molecule has 0 radical (unpaired) electrons. The zero-order chi connectivity index (χ0) is 45.9. The lowest BCUT2D eigenvalue weighted by atomic mass is 9.73. The van der Waals surface area contributed by atoms with E-state index in [2.05, 4.69) is 10.6 Å². The Bertz CT molecular complexity index is 2650. The number of carbonyl (C=O) groups is 2. The summed E-state index contributed by atoms with van der Waals surface area (Å²) in [4.78, 5) is 31.5. The topological polar surface area (TPSA) is 98.7 Å². The Hall–Kier alpha value is -6.86. The molecule has 0 aliphatic rings. The molecule has 2 atom stereocenters. The second-order valence-corrected chi connectivity index (χ2v) is 17.7. The van der Waals surface area contributed by atoms with Crippen LogP contribution in [0.1, 0.15) is 94.4 Å². The van der Waals surface area contributed by atoms with Crippen molar-refractivity contribution in [2.45, 2.75) is 77.7 Å². The third-order valence-electron chi connectivity index (χ3n) is 13.7. The fraction of sp³-hybridized carbons (Fsp3) is 0.220. The van der Waals surface area contributed by atoms with Crippen LogP contribution in [-0.2, 0) is 20.8 Å². The first-order valence-electron chi connectivity index (χ1n) is 22.6. The Kier molecular flexibility index (Phi) is 12.6. The molecule has 8 aromatic carbocycles. The molecule has 0 saturated heterocycles. The molecule has 0 saturated carbocycles. The zero-order valence-corrected chi connectivity index (χ0v) is 38.1. The number of aliphatic hydroxyl groups is 2. The van der Waals surface area contributed by atoms with Crippen LogP contribution >= 0.6 is 0 Å². The Morgan fingerprint density at radius 3 is 0.985 bits per heavy atom. The number of hydrogen-bond donors (Lipinski definition) is 4. The van der Waals surface area contributed by atoms with Crippen LogP contribution in [0.15, 0.2) is 182 Å². The Labute approximate surface area is 383 Å². The van der Waals surface area contributed by atoms with Crippen LogP contribution in [0.3, 0.4) is 0 Å². The van der Waals surface area contributed by atoms with Gasteiger partial charge in [0.1, 0.15) is 16.6 Å². The molecular formula is C59H58N2O4. The maximum absolute atomic E-state index is 15.8. The number of fused-ring (bicyclic) bond motifs is 2. The fourth-order valence-electron chi connectivity index (χ4n) is 9.58. The molecule has 0 spiro atoms. The minimum absolute atomic E-state index is 0.132. The van der Waals surface area contributed by atoms with Crippen LogP contribution in [0.2, 0.25) is 0 Å². The molecule has 6 nitrogen and oxygen atoms in total. The van der Waals surface area contributed by atoms with Gasteiger partial charge in [-0.25, -0.2) is 0 Å². The first-order valence-corrected chi connectivity index (χ1v) is 22.6. The van der Waals surface area contributed by atoms with Gasteiger partial charge in [0.15, 0.2) is 0 Å². The number of hydrogen-bond acceptors (Lipinski definition) is 4. The molecule has 0 aromatic heterocycles. The molecule has 0 aliphatic carbocycles. The van der Waals surface area contributed by atoms with E-state index in [1.807, 2.05) is 224 Å². The highest BCUT2D eigenvalue weighted by atomic mass is 16.3. The average molecular weight is 859 g/mol. The van der Waals surface area contributed by atoms with Gasteiger partial charge in [-0.05, 0) is 95.5 Å². The molecule has 0 bridgehead atoms. The maximum Gasteiger partial charge on any atom is 0.236 e. The van der Waals surface area contributed by atoms with Gasteiger partial charge < -0.3 is 20.8 Å². The summed E-state index contributed by atoms with van der Waals surface area (Å²) in [5.74, 6) is -1.08. The summed E-state index contributed by atoms with van der Waals surface area (Å²) in [6.07, 6.45) is 0.263. The smallest absolute Gasteiger partial charge is 0.236 e. The van der Waals surface area contributed by atoms with Crippen molar-refractivity contribution in [3.63, 3.8) is 0 Å².